The van der Waals surface area contributed by atoms with Gasteiger partial charge in [-0.2, -0.15) is 10.5 Å². The number of anilines is 1. The summed E-state index contributed by atoms with van der Waals surface area (Å²) in [6.07, 6.45) is 4.38. The highest BCUT2D eigenvalue weighted by atomic mass is 16.5. The maximum absolute atomic E-state index is 9.25. The molecule has 0 radical (unpaired) electrons. The Hall–Kier alpha value is -3.51. The molecule has 0 fully saturated rings. The summed E-state index contributed by atoms with van der Waals surface area (Å²) in [5.74, 6) is 1.09. The van der Waals surface area contributed by atoms with Gasteiger partial charge in [0.2, 0.25) is 5.88 Å². The van der Waals surface area contributed by atoms with E-state index in [9.17, 15) is 5.26 Å². The first-order valence-electron chi connectivity index (χ1n) is 9.58. The SMILES string of the molecule is CCOc1ncc(C)c2c1[C@H](c1ccc(C#N)cc1OC)C=C(C)N2CCC#N. The van der Waals surface area contributed by atoms with E-state index in [0.29, 0.717) is 36.8 Å². The number of hydrogen-bond acceptors (Lipinski definition) is 6. The first-order chi connectivity index (χ1) is 14.0. The van der Waals surface area contributed by atoms with Gasteiger partial charge in [0.05, 0.1) is 43.5 Å². The van der Waals surface area contributed by atoms with Crippen molar-refractivity contribution in [3.63, 3.8) is 0 Å². The molecule has 3 rings (SSSR count). The van der Waals surface area contributed by atoms with Gasteiger partial charge in [-0.05, 0) is 38.5 Å². The van der Waals surface area contributed by atoms with Crippen LogP contribution in [0, 0.1) is 29.6 Å². The molecule has 0 saturated heterocycles. The van der Waals surface area contributed by atoms with Gasteiger partial charge in [-0.15, -0.1) is 0 Å². The van der Waals surface area contributed by atoms with Crippen molar-refractivity contribution in [3.05, 3.63) is 58.4 Å². The predicted molar refractivity (Wildman–Crippen MR) is 111 cm³/mol. The average molecular weight is 388 g/mol. The van der Waals surface area contributed by atoms with Crippen LogP contribution in [0.4, 0.5) is 5.69 Å². The molecule has 0 saturated carbocycles. The Bertz CT molecular complexity index is 1030. The van der Waals surface area contributed by atoms with Gasteiger partial charge in [0.25, 0.3) is 0 Å². The number of hydrogen-bond donors (Lipinski definition) is 0. The van der Waals surface area contributed by atoms with E-state index >= 15 is 0 Å². The molecule has 0 N–H and O–H groups in total. The van der Waals surface area contributed by atoms with Gasteiger partial charge in [-0.3, -0.25) is 0 Å². The molecule has 0 bridgehead atoms. The Labute approximate surface area is 171 Å². The maximum Gasteiger partial charge on any atom is 0.219 e. The van der Waals surface area contributed by atoms with Gasteiger partial charge in [0.15, 0.2) is 0 Å². The van der Waals surface area contributed by atoms with Crippen LogP contribution in [0.15, 0.2) is 36.2 Å². The number of pyridine rings is 1. The van der Waals surface area contributed by atoms with Crippen LogP contribution in [-0.4, -0.2) is 25.2 Å². The van der Waals surface area contributed by atoms with Gasteiger partial charge in [0.1, 0.15) is 5.75 Å². The second kappa shape index (κ2) is 8.67. The van der Waals surface area contributed by atoms with Crippen LogP contribution in [0.1, 0.15) is 48.4 Å². The van der Waals surface area contributed by atoms with Gasteiger partial charge < -0.3 is 14.4 Å². The third kappa shape index (κ3) is 3.75. The lowest BCUT2D eigenvalue weighted by Gasteiger charge is -2.36. The summed E-state index contributed by atoms with van der Waals surface area (Å²) in [7, 11) is 1.61. The van der Waals surface area contributed by atoms with E-state index in [1.54, 1.807) is 19.2 Å². The third-order valence-corrected chi connectivity index (χ3v) is 5.07. The highest BCUT2D eigenvalue weighted by molar-refractivity contribution is 5.72. The normalized spacial score (nSPS) is 15.0. The zero-order valence-corrected chi connectivity index (χ0v) is 17.2. The number of fused-ring (bicyclic) bond motifs is 1. The summed E-state index contributed by atoms with van der Waals surface area (Å²) < 4.78 is 11.5. The molecular weight excluding hydrogens is 364 g/mol. The standard InChI is InChI=1S/C23H24N4O2/c1-5-29-23-21-19(18-8-7-17(13-25)12-20(18)28-4)11-16(3)27(10-6-9-24)22(21)15(2)14-26-23/h7-8,11-12,14,19H,5-6,10H2,1-4H3/t19-/m0/s1. The highest BCUT2D eigenvalue weighted by Crippen LogP contribution is 2.47. The van der Waals surface area contributed by atoms with E-state index in [0.717, 1.165) is 28.1 Å². The van der Waals surface area contributed by atoms with E-state index in [2.05, 4.69) is 28.1 Å². The number of ether oxygens (including phenoxy) is 2. The van der Waals surface area contributed by atoms with Gasteiger partial charge in [-0.1, -0.05) is 12.1 Å². The Kier molecular flexibility index (Phi) is 6.04. The Morgan fingerprint density at radius 1 is 1.24 bits per heavy atom. The molecule has 1 aliphatic heterocycles. The number of nitriles is 2. The van der Waals surface area contributed by atoms with Crippen LogP contribution in [0.25, 0.3) is 0 Å². The lowest BCUT2D eigenvalue weighted by molar-refractivity contribution is 0.322. The van der Waals surface area contributed by atoms with Crippen molar-refractivity contribution in [2.75, 3.05) is 25.2 Å². The van der Waals surface area contributed by atoms with Gasteiger partial charge in [-0.25, -0.2) is 4.98 Å². The van der Waals surface area contributed by atoms with Crippen LogP contribution >= 0.6 is 0 Å². The van der Waals surface area contributed by atoms with E-state index in [1.807, 2.05) is 33.0 Å². The number of benzene rings is 1. The van der Waals surface area contributed by atoms with Crippen LogP contribution in [0.3, 0.4) is 0 Å². The molecule has 1 aliphatic rings. The van der Waals surface area contributed by atoms with Crippen LogP contribution in [-0.2, 0) is 0 Å². The van der Waals surface area contributed by atoms with E-state index in [1.165, 1.54) is 0 Å². The molecule has 1 aromatic heterocycles. The number of aromatic nitrogens is 1. The predicted octanol–water partition coefficient (Wildman–Crippen LogP) is 4.44. The number of methoxy groups -OCH3 is 1. The van der Waals surface area contributed by atoms with Crippen molar-refractivity contribution in [1.29, 1.82) is 10.5 Å². The maximum atomic E-state index is 9.25. The fourth-order valence-corrected chi connectivity index (χ4v) is 3.81. The molecule has 2 heterocycles. The summed E-state index contributed by atoms with van der Waals surface area (Å²) >= 11 is 0. The van der Waals surface area contributed by atoms with E-state index in [4.69, 9.17) is 14.7 Å². The Morgan fingerprint density at radius 2 is 2.03 bits per heavy atom. The molecule has 0 aliphatic carbocycles. The second-order valence-electron chi connectivity index (χ2n) is 6.86. The number of nitrogens with zero attached hydrogens (tertiary/aromatic N) is 4. The van der Waals surface area contributed by atoms with Gasteiger partial charge >= 0.3 is 0 Å². The molecule has 6 heteroatoms. The molecule has 148 valence electrons. The first kappa shape index (κ1) is 20.2. The quantitative estimate of drug-likeness (QED) is 0.728. The van der Waals surface area contributed by atoms with Gasteiger partial charge in [0, 0.05) is 35.5 Å². The monoisotopic (exact) mass is 388 g/mol. The lowest BCUT2D eigenvalue weighted by atomic mass is 9.84. The molecule has 29 heavy (non-hydrogen) atoms. The largest absolute Gasteiger partial charge is 0.496 e. The number of rotatable bonds is 6. The minimum atomic E-state index is -0.139. The zero-order valence-electron chi connectivity index (χ0n) is 17.2. The van der Waals surface area contributed by atoms with Crippen molar-refractivity contribution in [2.24, 2.45) is 0 Å². The Balaban J connectivity index is 2.26. The summed E-state index contributed by atoms with van der Waals surface area (Å²) in [6.45, 7) is 7.10. The average Bonchev–Trinajstić information content (AvgIpc) is 2.74. The molecule has 1 aromatic carbocycles. The molecule has 1 atom stereocenters. The van der Waals surface area contributed by atoms with Crippen LogP contribution in [0.2, 0.25) is 0 Å². The molecule has 2 aromatic rings. The van der Waals surface area contributed by atoms with Crippen LogP contribution < -0.4 is 14.4 Å². The van der Waals surface area contributed by atoms with E-state index in [-0.39, 0.29) is 5.92 Å². The zero-order chi connectivity index (χ0) is 21.0. The topological polar surface area (TPSA) is 82.2 Å². The highest BCUT2D eigenvalue weighted by Gasteiger charge is 2.32. The minimum Gasteiger partial charge on any atom is -0.496 e. The molecular formula is C23H24N4O2. The smallest absolute Gasteiger partial charge is 0.219 e. The summed E-state index contributed by atoms with van der Waals surface area (Å²) in [5, 5.41) is 18.4. The fourth-order valence-electron chi connectivity index (χ4n) is 3.81. The van der Waals surface area contributed by atoms with Crippen molar-refractivity contribution in [3.8, 4) is 23.8 Å². The summed E-state index contributed by atoms with van der Waals surface area (Å²) in [5.41, 5.74) is 5.55. The third-order valence-electron chi connectivity index (χ3n) is 5.07. The van der Waals surface area contributed by atoms with E-state index < -0.39 is 0 Å². The summed E-state index contributed by atoms with van der Waals surface area (Å²) in [6, 6.07) is 9.87. The molecule has 0 amide bonds. The van der Waals surface area contributed by atoms with Crippen molar-refractivity contribution < 1.29 is 9.47 Å². The van der Waals surface area contributed by atoms with Crippen molar-refractivity contribution >= 4 is 5.69 Å². The Morgan fingerprint density at radius 3 is 2.69 bits per heavy atom. The lowest BCUT2D eigenvalue weighted by Crippen LogP contribution is -2.29. The fraction of sp³-hybridized carbons (Fsp3) is 0.348. The number of allylic oxidation sites excluding steroid dienone is 2. The van der Waals surface area contributed by atoms with Crippen molar-refractivity contribution in [1.82, 2.24) is 4.98 Å². The first-order valence-corrected chi connectivity index (χ1v) is 9.58. The molecule has 6 nitrogen and oxygen atoms in total. The second-order valence-corrected chi connectivity index (χ2v) is 6.86. The van der Waals surface area contributed by atoms with Crippen LogP contribution in [0.5, 0.6) is 11.6 Å². The van der Waals surface area contributed by atoms with Crippen molar-refractivity contribution in [2.45, 2.75) is 33.1 Å². The number of aryl methyl sites for hydroxylation is 1. The molecule has 0 unspecified atom stereocenters. The molecule has 0 spiro atoms. The summed E-state index contributed by atoms with van der Waals surface area (Å²) in [4.78, 5) is 6.71. The minimum absolute atomic E-state index is 0.139.